The second-order valence-electron chi connectivity index (χ2n) is 13.2. The SMILES string of the molecule is CCc1c(C)[nH]c2c1C(=O)C(CN1CCOCC1)CC2.CN1CCCCC1CCN1c2ccccc2Sc2ccc(S(C)=O)cc21. The molecule has 2 fully saturated rings. The average Bonchev–Trinajstić information content (AvgIpc) is 3.41. The second kappa shape index (κ2) is 15.2. The predicted octanol–water partition coefficient (Wildman–Crippen LogP) is 6.86. The molecule has 9 heteroatoms. The van der Waals surface area contributed by atoms with Gasteiger partial charge in [-0.05, 0) is 94.9 Å². The van der Waals surface area contributed by atoms with Gasteiger partial charge in [-0.2, -0.15) is 0 Å². The molecule has 3 unspecified atom stereocenters. The van der Waals surface area contributed by atoms with Crippen molar-refractivity contribution in [1.82, 2.24) is 14.8 Å². The topological polar surface area (TPSA) is 68.9 Å². The number of hydrogen-bond acceptors (Lipinski definition) is 7. The first kappa shape index (κ1) is 33.5. The third-order valence-electron chi connectivity index (χ3n) is 10.2. The molecule has 3 atom stereocenters. The van der Waals surface area contributed by atoms with Gasteiger partial charge in [0.15, 0.2) is 5.78 Å². The highest BCUT2D eigenvalue weighted by atomic mass is 32.2. The molecule has 1 aliphatic carbocycles. The number of nitrogens with one attached hydrogen (secondary N) is 1. The number of para-hydroxylation sites is 1. The van der Waals surface area contributed by atoms with Crippen LogP contribution in [-0.2, 0) is 28.4 Å². The number of fused-ring (bicyclic) bond motifs is 3. The molecule has 7 nitrogen and oxygen atoms in total. The van der Waals surface area contributed by atoms with E-state index in [2.05, 4.69) is 77.0 Å². The number of aromatic amines is 1. The molecular formula is C37H50N4O3S2. The molecule has 0 saturated carbocycles. The average molecular weight is 663 g/mol. The van der Waals surface area contributed by atoms with Crippen molar-refractivity contribution in [3.63, 3.8) is 0 Å². The zero-order chi connectivity index (χ0) is 32.2. The van der Waals surface area contributed by atoms with E-state index in [0.29, 0.717) is 11.8 Å². The number of nitrogens with zero attached hydrogens (tertiary/aromatic N) is 3. The molecule has 2 saturated heterocycles. The lowest BCUT2D eigenvalue weighted by atomic mass is 9.83. The molecule has 3 aliphatic heterocycles. The number of H-pyrrole nitrogens is 1. The standard InChI is InChI=1S/C21H26N2OS2.C16H24N2O2/c1-22-13-6-5-7-16(22)12-14-23-18-8-3-4-9-20(18)25-21-11-10-17(26(2)24)15-19(21)23;1-3-13-11(2)17-14-5-4-12(16(19)15(13)14)10-18-6-8-20-9-7-18/h3-4,8-11,15-16H,5-7,12-14H2,1-2H3;12,17H,3-10H2,1-2H3. The number of piperidine rings is 1. The minimum Gasteiger partial charge on any atom is -0.379 e. The maximum absolute atomic E-state index is 12.8. The third kappa shape index (κ3) is 7.34. The Kier molecular flexibility index (Phi) is 11.1. The Morgan fingerprint density at radius 3 is 2.57 bits per heavy atom. The van der Waals surface area contributed by atoms with E-state index in [4.69, 9.17) is 4.74 Å². The number of hydrogen-bond donors (Lipinski definition) is 1. The summed E-state index contributed by atoms with van der Waals surface area (Å²) in [5, 5.41) is 0. The van der Waals surface area contributed by atoms with E-state index in [0.717, 1.165) is 75.5 Å². The first-order chi connectivity index (χ1) is 22.3. The number of benzene rings is 2. The Labute approximate surface area is 281 Å². The van der Waals surface area contributed by atoms with Gasteiger partial charge in [-0.1, -0.05) is 37.2 Å². The molecule has 46 heavy (non-hydrogen) atoms. The fourth-order valence-electron chi connectivity index (χ4n) is 7.60. The van der Waals surface area contributed by atoms with Crippen LogP contribution < -0.4 is 4.90 Å². The molecule has 3 aromatic rings. The van der Waals surface area contributed by atoms with Gasteiger partial charge in [-0.3, -0.25) is 13.9 Å². The zero-order valence-electron chi connectivity index (χ0n) is 28.0. The summed E-state index contributed by atoms with van der Waals surface area (Å²) in [4.78, 5) is 27.0. The van der Waals surface area contributed by atoms with Gasteiger partial charge in [0.05, 0.1) is 24.6 Å². The van der Waals surface area contributed by atoms with Crippen molar-refractivity contribution in [1.29, 1.82) is 0 Å². The molecule has 248 valence electrons. The summed E-state index contributed by atoms with van der Waals surface area (Å²) in [5.41, 5.74) is 7.08. The van der Waals surface area contributed by atoms with Crippen molar-refractivity contribution in [3.8, 4) is 0 Å². The number of likely N-dealkylation sites (tertiary alicyclic amines) is 1. The zero-order valence-corrected chi connectivity index (χ0v) is 29.6. The molecule has 0 amide bonds. The highest BCUT2D eigenvalue weighted by Crippen LogP contribution is 2.48. The summed E-state index contributed by atoms with van der Waals surface area (Å²) in [6.45, 7) is 10.9. The number of anilines is 2. The molecule has 2 aromatic carbocycles. The summed E-state index contributed by atoms with van der Waals surface area (Å²) in [6, 6.07) is 15.6. The monoisotopic (exact) mass is 662 g/mol. The summed E-state index contributed by atoms with van der Waals surface area (Å²) in [5.74, 6) is 0.528. The van der Waals surface area contributed by atoms with Gasteiger partial charge in [0.1, 0.15) is 0 Å². The smallest absolute Gasteiger partial charge is 0.169 e. The van der Waals surface area contributed by atoms with Crippen LogP contribution in [0.2, 0.25) is 0 Å². The minimum absolute atomic E-state index is 0.168. The van der Waals surface area contributed by atoms with E-state index < -0.39 is 10.8 Å². The van der Waals surface area contributed by atoms with Crippen LogP contribution in [0.1, 0.15) is 66.3 Å². The number of ether oxygens (including phenoxy) is 1. The van der Waals surface area contributed by atoms with Crippen LogP contribution in [0.25, 0.3) is 0 Å². The molecule has 7 rings (SSSR count). The van der Waals surface area contributed by atoms with E-state index in [9.17, 15) is 9.00 Å². The molecule has 0 radical (unpaired) electrons. The number of ketones is 1. The first-order valence-corrected chi connectivity index (χ1v) is 19.5. The largest absolute Gasteiger partial charge is 0.379 e. The molecule has 0 spiro atoms. The molecule has 1 N–H and O–H groups in total. The van der Waals surface area contributed by atoms with Crippen LogP contribution in [0.15, 0.2) is 57.2 Å². The van der Waals surface area contributed by atoms with Gasteiger partial charge in [-0.15, -0.1) is 0 Å². The normalized spacial score (nSPS) is 22.3. The molecule has 4 heterocycles. The minimum atomic E-state index is -0.958. The molecule has 1 aromatic heterocycles. The van der Waals surface area contributed by atoms with E-state index in [1.807, 2.05) is 17.8 Å². The number of carbonyl (C=O) groups excluding carboxylic acids is 1. The second-order valence-corrected chi connectivity index (χ2v) is 15.6. The van der Waals surface area contributed by atoms with Gasteiger partial charge in [0.25, 0.3) is 0 Å². The number of morpholine rings is 1. The molecule has 0 bridgehead atoms. The molecule has 4 aliphatic rings. The maximum Gasteiger partial charge on any atom is 0.169 e. The summed E-state index contributed by atoms with van der Waals surface area (Å²) in [7, 11) is 1.30. The van der Waals surface area contributed by atoms with Crippen molar-refractivity contribution in [2.24, 2.45) is 5.92 Å². The number of aromatic nitrogens is 1. The predicted molar refractivity (Wildman–Crippen MR) is 190 cm³/mol. The Bertz CT molecular complexity index is 1550. The van der Waals surface area contributed by atoms with Gasteiger partial charge < -0.3 is 19.5 Å². The van der Waals surface area contributed by atoms with E-state index in [1.165, 1.54) is 63.9 Å². The van der Waals surface area contributed by atoms with Crippen molar-refractivity contribution in [2.75, 3.05) is 64.1 Å². The van der Waals surface area contributed by atoms with E-state index >= 15 is 0 Å². The van der Waals surface area contributed by atoms with Crippen LogP contribution in [0, 0.1) is 12.8 Å². The summed E-state index contributed by atoms with van der Waals surface area (Å²) in [6.07, 6.45) is 9.81. The fraction of sp³-hybridized carbons (Fsp3) is 0.541. The number of carbonyl (C=O) groups is 1. The van der Waals surface area contributed by atoms with Crippen LogP contribution in [-0.4, -0.2) is 90.1 Å². The number of aryl methyl sites for hydroxylation is 2. The Morgan fingerprint density at radius 1 is 1.02 bits per heavy atom. The first-order valence-electron chi connectivity index (χ1n) is 17.1. The fourth-order valence-corrected chi connectivity index (χ4v) is 9.21. The van der Waals surface area contributed by atoms with Crippen molar-refractivity contribution in [3.05, 3.63) is 65.0 Å². The third-order valence-corrected chi connectivity index (χ3v) is 12.3. The quantitative estimate of drug-likeness (QED) is 0.296. The van der Waals surface area contributed by atoms with Crippen LogP contribution >= 0.6 is 11.8 Å². The van der Waals surface area contributed by atoms with Crippen molar-refractivity contribution >= 4 is 39.7 Å². The van der Waals surface area contributed by atoms with Gasteiger partial charge in [0, 0.05) is 86.8 Å². The van der Waals surface area contributed by atoms with Gasteiger partial charge in [0.2, 0.25) is 0 Å². The van der Waals surface area contributed by atoms with Gasteiger partial charge in [-0.25, -0.2) is 0 Å². The van der Waals surface area contributed by atoms with E-state index in [-0.39, 0.29) is 5.92 Å². The lowest BCUT2D eigenvalue weighted by Crippen LogP contribution is -2.42. The maximum atomic E-state index is 12.8. The summed E-state index contributed by atoms with van der Waals surface area (Å²) < 4.78 is 17.4. The highest BCUT2D eigenvalue weighted by Gasteiger charge is 2.33. The summed E-state index contributed by atoms with van der Waals surface area (Å²) >= 11 is 1.82. The number of Topliss-reactive ketones (excluding diaryl/α,β-unsaturated/α-hetero) is 1. The van der Waals surface area contributed by atoms with Crippen LogP contribution in [0.3, 0.4) is 0 Å². The number of rotatable bonds is 7. The lowest BCUT2D eigenvalue weighted by molar-refractivity contribution is 0.0291. The lowest BCUT2D eigenvalue weighted by Gasteiger charge is -2.37. The van der Waals surface area contributed by atoms with Crippen molar-refractivity contribution < 1.29 is 13.7 Å². The van der Waals surface area contributed by atoms with Gasteiger partial charge >= 0.3 is 0 Å². The van der Waals surface area contributed by atoms with Crippen molar-refractivity contribution in [2.45, 2.75) is 79.5 Å². The molecular weight excluding hydrogens is 613 g/mol. The Balaban J connectivity index is 0.000000167. The van der Waals surface area contributed by atoms with Crippen LogP contribution in [0.4, 0.5) is 11.4 Å². The van der Waals surface area contributed by atoms with E-state index in [1.54, 1.807) is 6.26 Å². The highest BCUT2D eigenvalue weighted by molar-refractivity contribution is 7.99. The Morgan fingerprint density at radius 2 is 1.80 bits per heavy atom. The Hall–Kier alpha value is -2.43. The van der Waals surface area contributed by atoms with Crippen LogP contribution in [0.5, 0.6) is 0 Å².